The topological polar surface area (TPSA) is 89.3 Å². The monoisotopic (exact) mass is 296 g/mol. The third kappa shape index (κ3) is 3.94. The molecule has 20 heavy (non-hydrogen) atoms. The van der Waals surface area contributed by atoms with E-state index in [1.54, 1.807) is 31.2 Å². The molecule has 8 heteroatoms. The van der Waals surface area contributed by atoms with Gasteiger partial charge in [0, 0.05) is 17.2 Å². The van der Waals surface area contributed by atoms with E-state index in [-0.39, 0.29) is 18.5 Å². The molecule has 0 aliphatic rings. The molecule has 0 fully saturated rings. The van der Waals surface area contributed by atoms with Gasteiger partial charge in [-0.1, -0.05) is 16.8 Å². The second-order valence-corrected chi connectivity index (χ2v) is 4.18. The zero-order valence-corrected chi connectivity index (χ0v) is 11.5. The molecule has 0 aliphatic heterocycles. The maximum atomic E-state index is 11.3. The number of nitrogens with zero attached hydrogens (tertiary/aromatic N) is 2. The van der Waals surface area contributed by atoms with Crippen LogP contribution < -0.4 is 10.9 Å². The number of ether oxygens (including phenoxy) is 1. The first-order chi connectivity index (χ1) is 9.69. The molecule has 0 saturated heterocycles. The molecular weight excluding hydrogens is 284 g/mol. The van der Waals surface area contributed by atoms with Crippen molar-refractivity contribution in [1.82, 2.24) is 15.6 Å². The molecule has 0 aliphatic carbocycles. The van der Waals surface area contributed by atoms with Crippen molar-refractivity contribution in [3.63, 3.8) is 0 Å². The van der Waals surface area contributed by atoms with E-state index in [9.17, 15) is 4.79 Å². The molecule has 0 atom stereocenters. The van der Waals surface area contributed by atoms with E-state index >= 15 is 0 Å². The number of anilines is 1. The summed E-state index contributed by atoms with van der Waals surface area (Å²) in [6, 6.07) is 7.07. The molecule has 1 aromatic carbocycles. The molecule has 2 N–H and O–H groups in total. The summed E-state index contributed by atoms with van der Waals surface area (Å²) < 4.78 is 9.88. The highest BCUT2D eigenvalue weighted by Crippen LogP contribution is 2.19. The number of benzene rings is 1. The van der Waals surface area contributed by atoms with Crippen LogP contribution in [0.5, 0.6) is 0 Å². The van der Waals surface area contributed by atoms with Crippen molar-refractivity contribution in [2.24, 2.45) is 0 Å². The van der Waals surface area contributed by atoms with Gasteiger partial charge in [-0.2, -0.15) is 4.98 Å². The van der Waals surface area contributed by atoms with Crippen LogP contribution in [0.15, 0.2) is 28.8 Å². The SMILES string of the molecule is CCOCC(=O)NNc1nc(-c2ccc(Cl)cc2)no1. The van der Waals surface area contributed by atoms with Gasteiger partial charge in [0.25, 0.3) is 5.91 Å². The largest absolute Gasteiger partial charge is 0.372 e. The summed E-state index contributed by atoms with van der Waals surface area (Å²) in [4.78, 5) is 15.4. The van der Waals surface area contributed by atoms with E-state index in [0.29, 0.717) is 17.5 Å². The minimum absolute atomic E-state index is 0.0400. The van der Waals surface area contributed by atoms with Gasteiger partial charge in [0.05, 0.1) is 0 Å². The van der Waals surface area contributed by atoms with E-state index in [1.165, 1.54) is 0 Å². The first-order valence-electron chi connectivity index (χ1n) is 5.91. The lowest BCUT2D eigenvalue weighted by atomic mass is 10.2. The van der Waals surface area contributed by atoms with Gasteiger partial charge in [-0.3, -0.25) is 10.2 Å². The first kappa shape index (κ1) is 14.3. The van der Waals surface area contributed by atoms with Gasteiger partial charge in [0.15, 0.2) is 0 Å². The molecule has 0 radical (unpaired) electrons. The predicted octanol–water partition coefficient (Wildman–Crippen LogP) is 1.87. The smallest absolute Gasteiger partial charge is 0.340 e. The molecule has 2 rings (SSSR count). The van der Waals surface area contributed by atoms with Gasteiger partial charge in [-0.05, 0) is 31.2 Å². The molecule has 0 saturated carbocycles. The predicted molar refractivity (Wildman–Crippen MR) is 73.0 cm³/mol. The number of hydrazine groups is 1. The van der Waals surface area contributed by atoms with Crippen molar-refractivity contribution in [1.29, 1.82) is 0 Å². The van der Waals surface area contributed by atoms with E-state index in [2.05, 4.69) is 21.0 Å². The highest BCUT2D eigenvalue weighted by atomic mass is 35.5. The van der Waals surface area contributed by atoms with E-state index < -0.39 is 0 Å². The summed E-state index contributed by atoms with van der Waals surface area (Å²) in [5, 5.41) is 4.41. The first-order valence-corrected chi connectivity index (χ1v) is 6.29. The summed E-state index contributed by atoms with van der Waals surface area (Å²) in [5.74, 6) is 0.0568. The number of rotatable bonds is 6. The van der Waals surface area contributed by atoms with Gasteiger partial charge in [0.1, 0.15) is 6.61 Å². The third-order valence-corrected chi connectivity index (χ3v) is 2.53. The quantitative estimate of drug-likeness (QED) is 0.791. The zero-order chi connectivity index (χ0) is 14.4. The maximum absolute atomic E-state index is 11.3. The number of halogens is 1. The minimum Gasteiger partial charge on any atom is -0.372 e. The van der Waals surface area contributed by atoms with Gasteiger partial charge in [-0.15, -0.1) is 0 Å². The number of carbonyl (C=O) groups is 1. The summed E-state index contributed by atoms with van der Waals surface area (Å²) >= 11 is 5.79. The fourth-order valence-corrected chi connectivity index (χ4v) is 1.47. The van der Waals surface area contributed by atoms with Crippen LogP contribution >= 0.6 is 11.6 Å². The van der Waals surface area contributed by atoms with Gasteiger partial charge in [0.2, 0.25) is 5.82 Å². The molecule has 0 bridgehead atoms. The summed E-state index contributed by atoms with van der Waals surface area (Å²) in [6.07, 6.45) is 0. The van der Waals surface area contributed by atoms with Crippen LogP contribution in [-0.2, 0) is 9.53 Å². The number of carbonyl (C=O) groups excluding carboxylic acids is 1. The molecule has 7 nitrogen and oxygen atoms in total. The van der Waals surface area contributed by atoms with E-state index in [0.717, 1.165) is 5.56 Å². The Morgan fingerprint density at radius 2 is 2.15 bits per heavy atom. The van der Waals surface area contributed by atoms with E-state index in [4.69, 9.17) is 20.9 Å². The second-order valence-electron chi connectivity index (χ2n) is 3.74. The molecule has 0 spiro atoms. The van der Waals surface area contributed by atoms with Crippen molar-refractivity contribution >= 4 is 23.5 Å². The number of nitrogens with one attached hydrogen (secondary N) is 2. The fraction of sp³-hybridized carbons (Fsp3) is 0.250. The molecule has 0 unspecified atom stereocenters. The Labute approximate surface area is 120 Å². The Balaban J connectivity index is 1.92. The molecular formula is C12H13ClN4O3. The lowest BCUT2D eigenvalue weighted by Crippen LogP contribution is -2.32. The molecule has 106 valence electrons. The summed E-state index contributed by atoms with van der Waals surface area (Å²) in [7, 11) is 0. The van der Waals surface area contributed by atoms with Crippen molar-refractivity contribution < 1.29 is 14.1 Å². The Hall–Kier alpha value is -2.12. The van der Waals surface area contributed by atoms with Crippen molar-refractivity contribution in [3.05, 3.63) is 29.3 Å². The van der Waals surface area contributed by atoms with Crippen molar-refractivity contribution in [2.75, 3.05) is 18.6 Å². The van der Waals surface area contributed by atoms with Crippen molar-refractivity contribution in [3.8, 4) is 11.4 Å². The molecule has 1 amide bonds. The highest BCUT2D eigenvalue weighted by molar-refractivity contribution is 6.30. The van der Waals surface area contributed by atoms with Crippen LogP contribution in [0.4, 0.5) is 6.01 Å². The minimum atomic E-state index is -0.335. The number of aromatic nitrogens is 2. The Morgan fingerprint density at radius 3 is 2.85 bits per heavy atom. The average Bonchev–Trinajstić information content (AvgIpc) is 2.92. The zero-order valence-electron chi connectivity index (χ0n) is 10.7. The Kier molecular flexibility index (Phi) is 4.91. The van der Waals surface area contributed by atoms with Gasteiger partial charge in [-0.25, -0.2) is 5.43 Å². The normalized spacial score (nSPS) is 10.3. The lowest BCUT2D eigenvalue weighted by Gasteiger charge is -2.03. The van der Waals surface area contributed by atoms with Crippen LogP contribution in [0.1, 0.15) is 6.92 Å². The molecule has 2 aromatic rings. The Morgan fingerprint density at radius 1 is 1.40 bits per heavy atom. The van der Waals surface area contributed by atoms with Gasteiger partial charge < -0.3 is 9.26 Å². The molecule has 1 heterocycles. The van der Waals surface area contributed by atoms with Crippen LogP contribution in [-0.4, -0.2) is 29.3 Å². The van der Waals surface area contributed by atoms with E-state index in [1.807, 2.05) is 0 Å². The average molecular weight is 297 g/mol. The number of amides is 1. The van der Waals surface area contributed by atoms with Gasteiger partial charge >= 0.3 is 6.01 Å². The highest BCUT2D eigenvalue weighted by Gasteiger charge is 2.09. The van der Waals surface area contributed by atoms with Crippen LogP contribution in [0.25, 0.3) is 11.4 Å². The van der Waals surface area contributed by atoms with Crippen LogP contribution in [0, 0.1) is 0 Å². The fourth-order valence-electron chi connectivity index (χ4n) is 1.34. The Bertz CT molecular complexity index is 570. The maximum Gasteiger partial charge on any atom is 0.340 e. The summed E-state index contributed by atoms with van der Waals surface area (Å²) in [5.41, 5.74) is 5.64. The number of hydrogen-bond acceptors (Lipinski definition) is 6. The standard InChI is InChI=1S/C12H13ClN4O3/c1-2-19-7-10(18)15-16-12-14-11(17-20-12)8-3-5-9(13)6-4-8/h3-6H,2,7H2,1H3,(H,15,18)(H,14,16,17). The second kappa shape index (κ2) is 6.88. The molecule has 1 aromatic heterocycles. The van der Waals surface area contributed by atoms with Crippen molar-refractivity contribution in [2.45, 2.75) is 6.92 Å². The summed E-state index contributed by atoms with van der Waals surface area (Å²) in [6.45, 7) is 2.23. The number of hydrogen-bond donors (Lipinski definition) is 2. The van der Waals surface area contributed by atoms with Crippen LogP contribution in [0.3, 0.4) is 0 Å². The lowest BCUT2D eigenvalue weighted by molar-refractivity contribution is -0.125. The van der Waals surface area contributed by atoms with Crippen LogP contribution in [0.2, 0.25) is 5.02 Å². The third-order valence-electron chi connectivity index (χ3n) is 2.27.